The molecule has 0 radical (unpaired) electrons. The highest BCUT2D eigenvalue weighted by Gasteiger charge is 2.09. The Balaban J connectivity index is 2.56. The van der Waals surface area contributed by atoms with Gasteiger partial charge >= 0.3 is 5.97 Å². The molecule has 0 bridgehead atoms. The Morgan fingerprint density at radius 2 is 2.05 bits per heavy atom. The van der Waals surface area contributed by atoms with E-state index in [2.05, 4.69) is 5.92 Å². The van der Waals surface area contributed by atoms with E-state index in [0.29, 0.717) is 13.0 Å². The first-order valence-electron chi connectivity index (χ1n) is 5.64. The van der Waals surface area contributed by atoms with E-state index >= 15 is 0 Å². The molecule has 1 aromatic rings. The minimum atomic E-state index is -0.932. The number of hydrogen-bond acceptors (Lipinski definition) is 4. The number of nitro benzene ring substituents is 1. The smallest absolute Gasteiger partial charge is 0.317 e. The zero-order valence-electron chi connectivity index (χ0n) is 10.3. The molecule has 0 atom stereocenters. The summed E-state index contributed by atoms with van der Waals surface area (Å²) in [4.78, 5) is 22.3. The Hall–Kier alpha value is -2.39. The van der Waals surface area contributed by atoms with Crippen molar-refractivity contribution in [3.63, 3.8) is 0 Å². The molecule has 0 spiro atoms. The summed E-state index contributed by atoms with van der Waals surface area (Å²) in [5.41, 5.74) is 0.938. The van der Waals surface area contributed by atoms with Gasteiger partial charge in [-0.05, 0) is 12.0 Å². The van der Waals surface area contributed by atoms with Gasteiger partial charge in [0.2, 0.25) is 0 Å². The molecular weight excluding hydrogens is 248 g/mol. The molecule has 19 heavy (non-hydrogen) atoms. The normalized spacial score (nSPS) is 10.1. The molecule has 0 saturated heterocycles. The van der Waals surface area contributed by atoms with E-state index < -0.39 is 10.9 Å². The van der Waals surface area contributed by atoms with Crippen molar-refractivity contribution in [3.8, 4) is 12.3 Å². The molecule has 0 amide bonds. The lowest BCUT2D eigenvalue weighted by Crippen LogP contribution is -2.32. The predicted molar refractivity (Wildman–Crippen MR) is 69.7 cm³/mol. The van der Waals surface area contributed by atoms with E-state index in [-0.39, 0.29) is 18.8 Å². The summed E-state index contributed by atoms with van der Waals surface area (Å²) in [7, 11) is 0. The topological polar surface area (TPSA) is 83.7 Å². The second kappa shape index (κ2) is 7.13. The number of nitrogens with zero attached hydrogens (tertiary/aromatic N) is 2. The van der Waals surface area contributed by atoms with Crippen molar-refractivity contribution >= 4 is 11.7 Å². The van der Waals surface area contributed by atoms with Crippen LogP contribution >= 0.6 is 0 Å². The molecule has 0 aliphatic carbocycles. The first kappa shape index (κ1) is 14.7. The Bertz CT molecular complexity index is 490. The Labute approximate surface area is 110 Å². The van der Waals surface area contributed by atoms with Gasteiger partial charge in [0.05, 0.1) is 18.0 Å². The van der Waals surface area contributed by atoms with Gasteiger partial charge in [0.25, 0.3) is 5.69 Å². The van der Waals surface area contributed by atoms with Crippen LogP contribution in [0.5, 0.6) is 0 Å². The van der Waals surface area contributed by atoms with Gasteiger partial charge in [0, 0.05) is 18.7 Å². The number of benzene rings is 1. The second-order valence-corrected chi connectivity index (χ2v) is 3.98. The van der Waals surface area contributed by atoms with Crippen LogP contribution < -0.4 is 0 Å². The summed E-state index contributed by atoms with van der Waals surface area (Å²) >= 11 is 0. The zero-order valence-corrected chi connectivity index (χ0v) is 10.3. The average Bonchev–Trinajstić information content (AvgIpc) is 2.36. The van der Waals surface area contributed by atoms with E-state index in [1.54, 1.807) is 17.0 Å². The maximum absolute atomic E-state index is 10.6. The zero-order chi connectivity index (χ0) is 14.3. The third kappa shape index (κ3) is 5.19. The summed E-state index contributed by atoms with van der Waals surface area (Å²) in [5.74, 6) is 1.48. The molecule has 0 saturated carbocycles. The number of terminal acetylenes is 1. The van der Waals surface area contributed by atoms with Crippen LogP contribution in [0.15, 0.2) is 24.3 Å². The Morgan fingerprint density at radius 1 is 1.42 bits per heavy atom. The fourth-order valence-corrected chi connectivity index (χ4v) is 1.61. The maximum Gasteiger partial charge on any atom is 0.317 e. The molecule has 0 aliphatic heterocycles. The minimum Gasteiger partial charge on any atom is -0.480 e. The van der Waals surface area contributed by atoms with Crippen LogP contribution in [0.2, 0.25) is 0 Å². The fraction of sp³-hybridized carbons (Fsp3) is 0.308. The molecule has 0 heterocycles. The molecule has 6 nitrogen and oxygen atoms in total. The van der Waals surface area contributed by atoms with Crippen molar-refractivity contribution < 1.29 is 14.8 Å². The number of aliphatic carboxylic acids is 1. The molecular formula is C13H14N2O4. The van der Waals surface area contributed by atoms with Gasteiger partial charge in [-0.25, -0.2) is 0 Å². The fourth-order valence-electron chi connectivity index (χ4n) is 1.61. The lowest BCUT2D eigenvalue weighted by Gasteiger charge is -2.16. The molecule has 1 rings (SSSR count). The number of carboxylic acid groups (broad SMARTS) is 1. The second-order valence-electron chi connectivity index (χ2n) is 3.98. The van der Waals surface area contributed by atoms with Crippen molar-refractivity contribution in [1.29, 1.82) is 0 Å². The van der Waals surface area contributed by atoms with E-state index in [1.807, 2.05) is 0 Å². The molecule has 6 heteroatoms. The summed E-state index contributed by atoms with van der Waals surface area (Å²) in [6.45, 7) is 0.644. The molecule has 1 N–H and O–H groups in total. The summed E-state index contributed by atoms with van der Waals surface area (Å²) in [5, 5.41) is 19.2. The highest BCUT2D eigenvalue weighted by Crippen LogP contribution is 2.12. The largest absolute Gasteiger partial charge is 0.480 e. The lowest BCUT2D eigenvalue weighted by molar-refractivity contribution is -0.384. The van der Waals surface area contributed by atoms with Crippen LogP contribution in [-0.4, -0.2) is 40.5 Å². The lowest BCUT2D eigenvalue weighted by atomic mass is 10.1. The number of rotatable bonds is 7. The first-order chi connectivity index (χ1) is 9.02. The van der Waals surface area contributed by atoms with Gasteiger partial charge in [-0.2, -0.15) is 0 Å². The summed E-state index contributed by atoms with van der Waals surface area (Å²) in [6.07, 6.45) is 5.76. The van der Waals surface area contributed by atoms with Crippen LogP contribution in [0.1, 0.15) is 5.56 Å². The molecule has 0 fully saturated rings. The maximum atomic E-state index is 10.6. The highest BCUT2D eigenvalue weighted by molar-refractivity contribution is 5.69. The monoisotopic (exact) mass is 262 g/mol. The number of nitro groups is 1. The van der Waals surface area contributed by atoms with Crippen molar-refractivity contribution in [2.24, 2.45) is 0 Å². The quantitative estimate of drug-likeness (QED) is 0.453. The van der Waals surface area contributed by atoms with Gasteiger partial charge in [-0.3, -0.25) is 19.8 Å². The first-order valence-corrected chi connectivity index (χ1v) is 5.64. The van der Waals surface area contributed by atoms with E-state index in [9.17, 15) is 14.9 Å². The molecule has 100 valence electrons. The molecule has 0 aromatic heterocycles. The van der Waals surface area contributed by atoms with E-state index in [0.717, 1.165) is 5.56 Å². The van der Waals surface area contributed by atoms with Crippen molar-refractivity contribution in [3.05, 3.63) is 39.9 Å². The van der Waals surface area contributed by atoms with Crippen molar-refractivity contribution in [2.75, 3.05) is 19.6 Å². The Morgan fingerprint density at radius 3 is 2.53 bits per heavy atom. The molecule has 1 aromatic carbocycles. The van der Waals surface area contributed by atoms with Crippen LogP contribution in [0.4, 0.5) is 5.69 Å². The number of carboxylic acids is 1. The van der Waals surface area contributed by atoms with Crippen LogP contribution in [-0.2, 0) is 11.2 Å². The van der Waals surface area contributed by atoms with Gasteiger partial charge in [-0.15, -0.1) is 6.42 Å². The van der Waals surface area contributed by atoms with Crippen LogP contribution in [0.25, 0.3) is 0 Å². The number of non-ortho nitro benzene ring substituents is 1. The SMILES string of the molecule is C#CCN(CCc1ccc([N+](=O)[O-])cc1)CC(=O)O. The van der Waals surface area contributed by atoms with E-state index in [1.165, 1.54) is 12.1 Å². The van der Waals surface area contributed by atoms with Crippen LogP contribution in [0, 0.1) is 22.5 Å². The predicted octanol–water partition coefficient (Wildman–Crippen LogP) is 1.16. The van der Waals surface area contributed by atoms with E-state index in [4.69, 9.17) is 11.5 Å². The number of hydrogen-bond donors (Lipinski definition) is 1. The summed E-state index contributed by atoms with van der Waals surface area (Å²) in [6, 6.07) is 6.18. The van der Waals surface area contributed by atoms with Crippen molar-refractivity contribution in [2.45, 2.75) is 6.42 Å². The van der Waals surface area contributed by atoms with Crippen molar-refractivity contribution in [1.82, 2.24) is 4.90 Å². The van der Waals surface area contributed by atoms with Crippen LogP contribution in [0.3, 0.4) is 0 Å². The average molecular weight is 262 g/mol. The minimum absolute atomic E-state index is 0.0368. The van der Waals surface area contributed by atoms with Gasteiger partial charge < -0.3 is 5.11 Å². The summed E-state index contributed by atoms with van der Waals surface area (Å²) < 4.78 is 0. The van der Waals surface area contributed by atoms with Gasteiger partial charge in [0.15, 0.2) is 0 Å². The highest BCUT2D eigenvalue weighted by atomic mass is 16.6. The number of carbonyl (C=O) groups is 1. The molecule has 0 unspecified atom stereocenters. The Kier molecular flexibility index (Phi) is 5.51. The third-order valence-electron chi connectivity index (χ3n) is 2.54. The third-order valence-corrected chi connectivity index (χ3v) is 2.54. The van der Waals surface area contributed by atoms with Gasteiger partial charge in [-0.1, -0.05) is 18.1 Å². The van der Waals surface area contributed by atoms with Gasteiger partial charge in [0.1, 0.15) is 0 Å². The molecule has 0 aliphatic rings. The standard InChI is InChI=1S/C13H14N2O4/c1-2-8-14(10-13(16)17)9-7-11-3-5-12(6-4-11)15(18)19/h1,3-6H,7-10H2,(H,16,17).